The van der Waals surface area contributed by atoms with Gasteiger partial charge in [0.2, 0.25) is 0 Å². The van der Waals surface area contributed by atoms with Crippen LogP contribution in [0.3, 0.4) is 0 Å². The molecule has 19 heavy (non-hydrogen) atoms. The van der Waals surface area contributed by atoms with Gasteiger partial charge >= 0.3 is 5.97 Å². The molecule has 1 aromatic carbocycles. The van der Waals surface area contributed by atoms with Crippen LogP contribution in [0.25, 0.3) is 0 Å². The molecule has 0 amide bonds. The fourth-order valence-electron chi connectivity index (χ4n) is 2.73. The Morgan fingerprint density at radius 3 is 2.84 bits per heavy atom. The second-order valence-corrected chi connectivity index (χ2v) is 5.08. The van der Waals surface area contributed by atoms with Crippen LogP contribution in [-0.2, 0) is 11.2 Å². The highest BCUT2D eigenvalue weighted by Crippen LogP contribution is 2.27. The van der Waals surface area contributed by atoms with Crippen molar-refractivity contribution in [2.75, 3.05) is 13.7 Å². The summed E-state index contributed by atoms with van der Waals surface area (Å²) in [7, 11) is 1.64. The molecule has 1 saturated heterocycles. The molecule has 4 heteroatoms. The van der Waals surface area contributed by atoms with E-state index in [1.807, 2.05) is 24.3 Å². The van der Waals surface area contributed by atoms with Gasteiger partial charge in [-0.05, 0) is 50.3 Å². The molecular weight excluding hydrogens is 242 g/mol. The van der Waals surface area contributed by atoms with E-state index in [1.54, 1.807) is 7.11 Å². The fourth-order valence-corrected chi connectivity index (χ4v) is 2.73. The Kier molecular flexibility index (Phi) is 4.43. The van der Waals surface area contributed by atoms with Gasteiger partial charge in [0.1, 0.15) is 11.3 Å². The Balaban J connectivity index is 2.08. The lowest BCUT2D eigenvalue weighted by Crippen LogP contribution is -2.54. The number of aryl methyl sites for hydroxylation is 1. The largest absolute Gasteiger partial charge is 0.496 e. The van der Waals surface area contributed by atoms with Crippen LogP contribution in [0, 0.1) is 0 Å². The monoisotopic (exact) mass is 263 g/mol. The van der Waals surface area contributed by atoms with Gasteiger partial charge in [0, 0.05) is 0 Å². The van der Waals surface area contributed by atoms with Crippen molar-refractivity contribution < 1.29 is 14.6 Å². The highest BCUT2D eigenvalue weighted by Gasteiger charge is 2.38. The summed E-state index contributed by atoms with van der Waals surface area (Å²) in [6.07, 6.45) is 4.05. The van der Waals surface area contributed by atoms with E-state index < -0.39 is 11.5 Å². The predicted molar refractivity (Wildman–Crippen MR) is 73.5 cm³/mol. The van der Waals surface area contributed by atoms with Crippen LogP contribution in [0.15, 0.2) is 24.3 Å². The second-order valence-electron chi connectivity index (χ2n) is 5.08. The van der Waals surface area contributed by atoms with Gasteiger partial charge in [-0.15, -0.1) is 0 Å². The van der Waals surface area contributed by atoms with Gasteiger partial charge in [0.15, 0.2) is 0 Å². The molecule has 2 N–H and O–H groups in total. The van der Waals surface area contributed by atoms with Crippen molar-refractivity contribution in [2.45, 2.75) is 37.6 Å². The van der Waals surface area contributed by atoms with Crippen LogP contribution in [-0.4, -0.2) is 30.3 Å². The summed E-state index contributed by atoms with van der Waals surface area (Å²) in [5.41, 5.74) is 0.303. The molecule has 1 aliphatic rings. The molecule has 0 radical (unpaired) electrons. The highest BCUT2D eigenvalue weighted by atomic mass is 16.5. The van der Waals surface area contributed by atoms with Crippen molar-refractivity contribution in [1.29, 1.82) is 0 Å². The number of carbonyl (C=O) groups is 1. The second kappa shape index (κ2) is 6.06. The number of para-hydroxylation sites is 1. The third-order valence-corrected chi connectivity index (χ3v) is 3.92. The zero-order valence-electron chi connectivity index (χ0n) is 11.3. The molecule has 1 unspecified atom stereocenters. The van der Waals surface area contributed by atoms with Gasteiger partial charge in [-0.1, -0.05) is 18.2 Å². The number of methoxy groups -OCH3 is 1. The lowest BCUT2D eigenvalue weighted by molar-refractivity contribution is -0.146. The Morgan fingerprint density at radius 2 is 2.21 bits per heavy atom. The molecule has 1 aromatic rings. The van der Waals surface area contributed by atoms with Crippen molar-refractivity contribution >= 4 is 5.97 Å². The molecule has 2 rings (SSSR count). The van der Waals surface area contributed by atoms with E-state index in [0.29, 0.717) is 19.3 Å². The molecule has 4 nitrogen and oxygen atoms in total. The number of rotatable bonds is 5. The Labute approximate surface area is 113 Å². The molecule has 1 atom stereocenters. The van der Waals surface area contributed by atoms with Gasteiger partial charge in [0.05, 0.1) is 7.11 Å². The van der Waals surface area contributed by atoms with Crippen LogP contribution in [0.1, 0.15) is 31.2 Å². The SMILES string of the molecule is COc1ccccc1CCC1(C(=O)O)CCCCN1. The standard InChI is InChI=1S/C15H21NO3/c1-19-13-7-3-2-6-12(13)8-10-15(14(17)18)9-4-5-11-16-15/h2-3,6-7,16H,4-5,8-11H2,1H3,(H,17,18). The van der Waals surface area contributed by atoms with Crippen LogP contribution in [0.4, 0.5) is 0 Å². The molecule has 0 aromatic heterocycles. The topological polar surface area (TPSA) is 58.6 Å². The predicted octanol–water partition coefficient (Wildman–Crippen LogP) is 2.22. The number of benzene rings is 1. The van der Waals surface area contributed by atoms with Gasteiger partial charge < -0.3 is 15.2 Å². The molecular formula is C15H21NO3. The normalized spacial score (nSPS) is 23.0. The van der Waals surface area contributed by atoms with E-state index in [1.165, 1.54) is 0 Å². The van der Waals surface area contributed by atoms with Crippen LogP contribution in [0.5, 0.6) is 5.75 Å². The maximum Gasteiger partial charge on any atom is 0.323 e. The first-order chi connectivity index (χ1) is 9.18. The van der Waals surface area contributed by atoms with Crippen molar-refractivity contribution in [3.8, 4) is 5.75 Å². The van der Waals surface area contributed by atoms with E-state index in [4.69, 9.17) is 4.74 Å². The number of nitrogens with one attached hydrogen (secondary N) is 1. The third-order valence-electron chi connectivity index (χ3n) is 3.92. The summed E-state index contributed by atoms with van der Waals surface area (Å²) in [5, 5.41) is 12.7. The summed E-state index contributed by atoms with van der Waals surface area (Å²) in [6.45, 7) is 0.790. The third kappa shape index (κ3) is 3.07. The van der Waals surface area contributed by atoms with Crippen LogP contribution >= 0.6 is 0 Å². The minimum absolute atomic E-state index is 0.600. The van der Waals surface area contributed by atoms with Crippen molar-refractivity contribution in [2.24, 2.45) is 0 Å². The highest BCUT2D eigenvalue weighted by molar-refractivity contribution is 5.79. The van der Waals surface area contributed by atoms with Gasteiger partial charge in [0.25, 0.3) is 0 Å². The molecule has 1 fully saturated rings. The first kappa shape index (κ1) is 13.9. The lowest BCUT2D eigenvalue weighted by atomic mass is 9.83. The maximum absolute atomic E-state index is 11.6. The summed E-state index contributed by atoms with van der Waals surface area (Å²) in [4.78, 5) is 11.6. The summed E-state index contributed by atoms with van der Waals surface area (Å²) in [6, 6.07) is 7.79. The molecule has 0 bridgehead atoms. The summed E-state index contributed by atoms with van der Waals surface area (Å²) >= 11 is 0. The molecule has 1 aliphatic heterocycles. The Bertz CT molecular complexity index is 439. The zero-order valence-corrected chi connectivity index (χ0v) is 11.3. The van der Waals surface area contributed by atoms with E-state index in [9.17, 15) is 9.90 Å². The Morgan fingerprint density at radius 1 is 1.42 bits per heavy atom. The molecule has 0 spiro atoms. The zero-order chi connectivity index (χ0) is 13.7. The molecule has 104 valence electrons. The van der Waals surface area contributed by atoms with Crippen molar-refractivity contribution in [3.05, 3.63) is 29.8 Å². The fraction of sp³-hybridized carbons (Fsp3) is 0.533. The maximum atomic E-state index is 11.6. The van der Waals surface area contributed by atoms with Crippen molar-refractivity contribution in [1.82, 2.24) is 5.32 Å². The Hall–Kier alpha value is -1.55. The number of carboxylic acid groups (broad SMARTS) is 1. The van der Waals surface area contributed by atoms with Gasteiger partial charge in [-0.2, -0.15) is 0 Å². The smallest absolute Gasteiger partial charge is 0.323 e. The number of aliphatic carboxylic acids is 1. The molecule has 0 aliphatic carbocycles. The van der Waals surface area contributed by atoms with E-state index >= 15 is 0 Å². The quantitative estimate of drug-likeness (QED) is 0.855. The minimum atomic E-state index is -0.765. The number of ether oxygens (including phenoxy) is 1. The van der Waals surface area contributed by atoms with E-state index in [-0.39, 0.29) is 0 Å². The number of hydrogen-bond acceptors (Lipinski definition) is 3. The average Bonchev–Trinajstić information content (AvgIpc) is 2.46. The summed E-state index contributed by atoms with van der Waals surface area (Å²) in [5.74, 6) is 0.0981. The van der Waals surface area contributed by atoms with Crippen molar-refractivity contribution in [3.63, 3.8) is 0 Å². The number of piperidine rings is 1. The first-order valence-electron chi connectivity index (χ1n) is 6.78. The minimum Gasteiger partial charge on any atom is -0.496 e. The average molecular weight is 263 g/mol. The lowest BCUT2D eigenvalue weighted by Gasteiger charge is -2.34. The van der Waals surface area contributed by atoms with E-state index in [0.717, 1.165) is 30.7 Å². The van der Waals surface area contributed by atoms with Gasteiger partial charge in [-0.3, -0.25) is 4.79 Å². The first-order valence-corrected chi connectivity index (χ1v) is 6.78. The molecule has 0 saturated carbocycles. The molecule has 1 heterocycles. The summed E-state index contributed by atoms with van der Waals surface area (Å²) < 4.78 is 5.31. The van der Waals surface area contributed by atoms with Crippen LogP contribution in [0.2, 0.25) is 0 Å². The number of carboxylic acids is 1. The van der Waals surface area contributed by atoms with Crippen LogP contribution < -0.4 is 10.1 Å². The van der Waals surface area contributed by atoms with E-state index in [2.05, 4.69) is 5.32 Å². The van der Waals surface area contributed by atoms with Gasteiger partial charge in [-0.25, -0.2) is 0 Å². The number of hydrogen-bond donors (Lipinski definition) is 2.